The first kappa shape index (κ1) is 13.2. The summed E-state index contributed by atoms with van der Waals surface area (Å²) < 4.78 is 0. The van der Waals surface area contributed by atoms with Crippen LogP contribution in [0.25, 0.3) is 0 Å². The van der Waals surface area contributed by atoms with Gasteiger partial charge in [-0.15, -0.1) is 0 Å². The number of thioether (sulfide) groups is 1. The van der Waals surface area contributed by atoms with Crippen molar-refractivity contribution >= 4 is 16.9 Å². The van der Waals surface area contributed by atoms with E-state index in [4.69, 9.17) is 4.99 Å². The number of rotatable bonds is 3. The molecule has 0 unspecified atom stereocenters. The monoisotopic (exact) mass is 256 g/mol. The minimum Gasteiger partial charge on any atom is -0.304 e. The molecule has 0 saturated carbocycles. The van der Waals surface area contributed by atoms with Crippen LogP contribution in [0.3, 0.4) is 0 Å². The molecule has 0 aromatic rings. The molecule has 0 aromatic carbocycles. The molecule has 1 fully saturated rings. The van der Waals surface area contributed by atoms with Crippen molar-refractivity contribution in [2.24, 2.45) is 4.99 Å². The minimum atomic E-state index is 0.194. The van der Waals surface area contributed by atoms with Gasteiger partial charge in [0.2, 0.25) is 0 Å². The Morgan fingerprint density at radius 1 is 1.24 bits per heavy atom. The van der Waals surface area contributed by atoms with E-state index in [0.717, 1.165) is 49.9 Å². The molecule has 1 N–H and O–H groups in total. The first-order valence-corrected chi connectivity index (χ1v) is 7.59. The van der Waals surface area contributed by atoms with Crippen LogP contribution in [0.1, 0.15) is 26.7 Å². The predicted octanol–water partition coefficient (Wildman–Crippen LogP) is 1.40. The van der Waals surface area contributed by atoms with Gasteiger partial charge in [-0.3, -0.25) is 10.4 Å². The number of amidine groups is 1. The number of nitrogens with zero attached hydrogens (tertiary/aromatic N) is 3. The Bertz CT molecular complexity index is 280. The van der Waals surface area contributed by atoms with Crippen LogP contribution >= 0.6 is 11.8 Å². The standard InChI is InChI=1S/C12H24N4S/c1-4-12(5-2)10-17-11(13-12)14-16-8-6-15(3)7-9-16/h4-10H2,1-3H3,(H,13,14). The first-order chi connectivity index (χ1) is 8.17. The first-order valence-electron chi connectivity index (χ1n) is 6.60. The molecule has 2 rings (SSSR count). The molecule has 0 amide bonds. The molecule has 0 radical (unpaired) electrons. The Labute approximate surface area is 109 Å². The molecule has 0 aliphatic carbocycles. The predicted molar refractivity (Wildman–Crippen MR) is 75.4 cm³/mol. The quantitative estimate of drug-likeness (QED) is 0.827. The second-order valence-electron chi connectivity index (χ2n) is 5.04. The maximum atomic E-state index is 4.88. The lowest BCUT2D eigenvalue weighted by Crippen LogP contribution is -2.51. The summed E-state index contributed by atoms with van der Waals surface area (Å²) in [5.74, 6) is 1.13. The van der Waals surface area contributed by atoms with Gasteiger partial charge in [0, 0.05) is 31.9 Å². The molecule has 2 heterocycles. The van der Waals surface area contributed by atoms with Gasteiger partial charge < -0.3 is 4.90 Å². The van der Waals surface area contributed by atoms with E-state index in [1.807, 2.05) is 11.8 Å². The van der Waals surface area contributed by atoms with Crippen molar-refractivity contribution in [1.29, 1.82) is 0 Å². The fourth-order valence-electron chi connectivity index (χ4n) is 2.21. The van der Waals surface area contributed by atoms with E-state index in [0.29, 0.717) is 0 Å². The SMILES string of the molecule is CCC1(CC)CSC(NN2CCN(C)CC2)=N1. The summed E-state index contributed by atoms with van der Waals surface area (Å²) in [6, 6.07) is 0. The van der Waals surface area contributed by atoms with Crippen LogP contribution in [-0.2, 0) is 0 Å². The van der Waals surface area contributed by atoms with Gasteiger partial charge in [0.15, 0.2) is 5.17 Å². The van der Waals surface area contributed by atoms with Gasteiger partial charge in [-0.25, -0.2) is 5.01 Å². The van der Waals surface area contributed by atoms with Crippen molar-refractivity contribution in [3.05, 3.63) is 0 Å². The maximum Gasteiger partial charge on any atom is 0.171 e. The molecule has 17 heavy (non-hydrogen) atoms. The Morgan fingerprint density at radius 3 is 2.41 bits per heavy atom. The summed E-state index contributed by atoms with van der Waals surface area (Å²) in [5.41, 5.74) is 3.68. The number of piperazine rings is 1. The lowest BCUT2D eigenvalue weighted by atomic mass is 9.97. The summed E-state index contributed by atoms with van der Waals surface area (Å²) in [6.07, 6.45) is 2.29. The van der Waals surface area contributed by atoms with E-state index in [1.54, 1.807) is 0 Å². The molecule has 2 aliphatic heterocycles. The largest absolute Gasteiger partial charge is 0.304 e. The van der Waals surface area contributed by atoms with Crippen molar-refractivity contribution in [3.63, 3.8) is 0 Å². The van der Waals surface area contributed by atoms with E-state index in [-0.39, 0.29) is 5.54 Å². The van der Waals surface area contributed by atoms with E-state index in [2.05, 4.69) is 36.2 Å². The summed E-state index contributed by atoms with van der Waals surface area (Å²) in [6.45, 7) is 8.93. The number of hydrogen-bond acceptors (Lipinski definition) is 5. The fourth-order valence-corrected chi connectivity index (χ4v) is 3.54. The topological polar surface area (TPSA) is 30.9 Å². The minimum absolute atomic E-state index is 0.194. The van der Waals surface area contributed by atoms with Gasteiger partial charge in [0.1, 0.15) is 0 Å². The zero-order valence-electron chi connectivity index (χ0n) is 11.2. The number of likely N-dealkylation sites (N-methyl/N-ethyl adjacent to an activating group) is 1. The van der Waals surface area contributed by atoms with Crippen LogP contribution in [0.5, 0.6) is 0 Å². The molecular weight excluding hydrogens is 232 g/mol. The summed E-state index contributed by atoms with van der Waals surface area (Å²) in [4.78, 5) is 7.25. The molecule has 5 heteroatoms. The van der Waals surface area contributed by atoms with Gasteiger partial charge in [-0.2, -0.15) is 0 Å². The van der Waals surface area contributed by atoms with Gasteiger partial charge in [-0.1, -0.05) is 25.6 Å². The summed E-state index contributed by atoms with van der Waals surface area (Å²) in [7, 11) is 2.18. The Balaban J connectivity index is 1.88. The highest BCUT2D eigenvalue weighted by atomic mass is 32.2. The second-order valence-corrected chi connectivity index (χ2v) is 6.00. The van der Waals surface area contributed by atoms with Crippen molar-refractivity contribution < 1.29 is 0 Å². The molecule has 2 aliphatic rings. The van der Waals surface area contributed by atoms with Crippen LogP contribution in [0, 0.1) is 0 Å². The number of hydrazine groups is 1. The second kappa shape index (κ2) is 5.59. The molecule has 98 valence electrons. The van der Waals surface area contributed by atoms with E-state index < -0.39 is 0 Å². The van der Waals surface area contributed by atoms with Gasteiger partial charge in [0.25, 0.3) is 0 Å². The van der Waals surface area contributed by atoms with Crippen LogP contribution in [0.2, 0.25) is 0 Å². The third-order valence-corrected chi connectivity index (χ3v) is 5.03. The highest BCUT2D eigenvalue weighted by Crippen LogP contribution is 2.32. The van der Waals surface area contributed by atoms with Crippen LogP contribution in [0.15, 0.2) is 4.99 Å². The molecule has 0 bridgehead atoms. The van der Waals surface area contributed by atoms with Crippen molar-refractivity contribution in [1.82, 2.24) is 15.3 Å². The van der Waals surface area contributed by atoms with Crippen LogP contribution in [0.4, 0.5) is 0 Å². The summed E-state index contributed by atoms with van der Waals surface area (Å²) >= 11 is 1.88. The van der Waals surface area contributed by atoms with Crippen LogP contribution in [-0.4, -0.2) is 59.6 Å². The molecule has 4 nitrogen and oxygen atoms in total. The smallest absolute Gasteiger partial charge is 0.171 e. The van der Waals surface area contributed by atoms with E-state index in [1.165, 1.54) is 0 Å². The van der Waals surface area contributed by atoms with Gasteiger partial charge >= 0.3 is 0 Å². The molecule has 1 saturated heterocycles. The lowest BCUT2D eigenvalue weighted by molar-refractivity contribution is 0.131. The van der Waals surface area contributed by atoms with Crippen molar-refractivity contribution in [2.45, 2.75) is 32.2 Å². The van der Waals surface area contributed by atoms with E-state index >= 15 is 0 Å². The van der Waals surface area contributed by atoms with Crippen LogP contribution < -0.4 is 5.43 Å². The number of nitrogens with one attached hydrogen (secondary N) is 1. The third kappa shape index (κ3) is 3.14. The number of aliphatic imine (C=N–C) groups is 1. The molecule has 0 spiro atoms. The molecule has 0 atom stereocenters. The van der Waals surface area contributed by atoms with Crippen molar-refractivity contribution in [2.75, 3.05) is 39.0 Å². The Morgan fingerprint density at radius 2 is 1.88 bits per heavy atom. The zero-order valence-corrected chi connectivity index (χ0v) is 12.0. The highest BCUT2D eigenvalue weighted by Gasteiger charge is 2.32. The van der Waals surface area contributed by atoms with Crippen molar-refractivity contribution in [3.8, 4) is 0 Å². The van der Waals surface area contributed by atoms with Gasteiger partial charge in [-0.05, 0) is 19.9 Å². The fraction of sp³-hybridized carbons (Fsp3) is 0.917. The lowest BCUT2D eigenvalue weighted by Gasteiger charge is -2.32. The maximum absolute atomic E-state index is 4.88. The third-order valence-electron chi connectivity index (χ3n) is 3.89. The average molecular weight is 256 g/mol. The Kier molecular flexibility index (Phi) is 4.33. The Hall–Kier alpha value is -0.260. The zero-order chi connectivity index (χ0) is 12.3. The highest BCUT2D eigenvalue weighted by molar-refractivity contribution is 8.14. The molecular formula is C12H24N4S. The number of hydrogen-bond donors (Lipinski definition) is 1. The average Bonchev–Trinajstić information content (AvgIpc) is 2.76. The van der Waals surface area contributed by atoms with Gasteiger partial charge in [0.05, 0.1) is 5.54 Å². The van der Waals surface area contributed by atoms with E-state index in [9.17, 15) is 0 Å². The summed E-state index contributed by atoms with van der Waals surface area (Å²) in [5, 5.41) is 3.42. The normalized spacial score (nSPS) is 25.9. The molecule has 0 aromatic heterocycles.